The van der Waals surface area contributed by atoms with Gasteiger partial charge in [-0.15, -0.1) is 5.92 Å². The number of hydrogen-bond donors (Lipinski definition) is 1. The Hall–Kier alpha value is -0.480. The van der Waals surface area contributed by atoms with Crippen molar-refractivity contribution < 1.29 is 0 Å². The van der Waals surface area contributed by atoms with Crippen LogP contribution in [0.2, 0.25) is 0 Å². The Morgan fingerprint density at radius 3 is 2.06 bits per heavy atom. The molecular weight excluding hydrogens is 206 g/mol. The number of rotatable bonds is 6. The van der Waals surface area contributed by atoms with Crippen LogP contribution in [0.3, 0.4) is 0 Å². The van der Waals surface area contributed by atoms with Crippen LogP contribution < -0.4 is 5.32 Å². The third-order valence-corrected chi connectivity index (χ3v) is 3.26. The molecular formula is C16H31N. The fourth-order valence-corrected chi connectivity index (χ4v) is 1.61. The Morgan fingerprint density at radius 2 is 1.65 bits per heavy atom. The molecule has 0 aromatic heterocycles. The molecule has 0 saturated carbocycles. The van der Waals surface area contributed by atoms with Gasteiger partial charge in [-0.05, 0) is 45.6 Å². The van der Waals surface area contributed by atoms with E-state index in [0.717, 1.165) is 13.0 Å². The summed E-state index contributed by atoms with van der Waals surface area (Å²) in [5.41, 5.74) is 0.438. The first-order valence-corrected chi connectivity index (χ1v) is 6.96. The summed E-state index contributed by atoms with van der Waals surface area (Å²) in [6, 6.07) is 0.502. The lowest BCUT2D eigenvalue weighted by Crippen LogP contribution is -2.41. The van der Waals surface area contributed by atoms with E-state index in [-0.39, 0.29) is 5.41 Å². The molecule has 0 fully saturated rings. The van der Waals surface area contributed by atoms with Gasteiger partial charge in [-0.1, -0.05) is 33.6 Å². The van der Waals surface area contributed by atoms with Gasteiger partial charge >= 0.3 is 0 Å². The van der Waals surface area contributed by atoms with Gasteiger partial charge in [-0.25, -0.2) is 0 Å². The van der Waals surface area contributed by atoms with Crippen molar-refractivity contribution in [2.24, 2.45) is 10.8 Å². The van der Waals surface area contributed by atoms with Gasteiger partial charge in [0, 0.05) is 17.9 Å². The number of nitrogens with one attached hydrogen (secondary N) is 1. The second-order valence-corrected chi connectivity index (χ2v) is 6.60. The molecule has 1 heteroatoms. The molecule has 0 heterocycles. The molecule has 0 aliphatic heterocycles. The highest BCUT2D eigenvalue weighted by Crippen LogP contribution is 2.26. The molecule has 17 heavy (non-hydrogen) atoms. The normalized spacial score (nSPS) is 14.1. The SMILES string of the molecule is CCCNC(CC#CC(C)(C)C)C(C)(C)CC. The van der Waals surface area contributed by atoms with Crippen molar-refractivity contribution >= 4 is 0 Å². The Morgan fingerprint density at radius 1 is 1.06 bits per heavy atom. The van der Waals surface area contributed by atoms with Crippen LogP contribution in [-0.4, -0.2) is 12.6 Å². The van der Waals surface area contributed by atoms with Crippen LogP contribution >= 0.6 is 0 Å². The fraction of sp³-hybridized carbons (Fsp3) is 0.875. The molecule has 100 valence electrons. The van der Waals surface area contributed by atoms with E-state index in [1.807, 2.05) is 0 Å². The molecule has 1 unspecified atom stereocenters. The van der Waals surface area contributed by atoms with Gasteiger partial charge < -0.3 is 5.32 Å². The summed E-state index contributed by atoms with van der Waals surface area (Å²) in [7, 11) is 0. The third kappa shape index (κ3) is 7.45. The van der Waals surface area contributed by atoms with E-state index in [1.165, 1.54) is 12.8 Å². The van der Waals surface area contributed by atoms with Crippen molar-refractivity contribution in [3.8, 4) is 11.8 Å². The first-order chi connectivity index (χ1) is 7.73. The van der Waals surface area contributed by atoms with Gasteiger partial charge in [-0.3, -0.25) is 0 Å². The topological polar surface area (TPSA) is 12.0 Å². The molecule has 0 rings (SSSR count). The molecule has 0 aliphatic rings. The predicted molar refractivity (Wildman–Crippen MR) is 78.0 cm³/mol. The van der Waals surface area contributed by atoms with E-state index in [1.54, 1.807) is 0 Å². The molecule has 1 atom stereocenters. The van der Waals surface area contributed by atoms with Gasteiger partial charge in [0.05, 0.1) is 0 Å². The summed E-state index contributed by atoms with van der Waals surface area (Å²) in [5, 5.41) is 3.64. The zero-order valence-corrected chi connectivity index (χ0v) is 12.9. The quantitative estimate of drug-likeness (QED) is 0.682. The van der Waals surface area contributed by atoms with Gasteiger partial charge in [-0.2, -0.15) is 0 Å². The van der Waals surface area contributed by atoms with Crippen LogP contribution in [0.5, 0.6) is 0 Å². The molecule has 1 N–H and O–H groups in total. The van der Waals surface area contributed by atoms with Crippen molar-refractivity contribution in [3.05, 3.63) is 0 Å². The van der Waals surface area contributed by atoms with E-state index >= 15 is 0 Å². The molecule has 0 aromatic carbocycles. The maximum atomic E-state index is 3.64. The van der Waals surface area contributed by atoms with Crippen molar-refractivity contribution in [2.45, 2.75) is 73.8 Å². The van der Waals surface area contributed by atoms with Crippen LogP contribution in [0, 0.1) is 22.7 Å². The van der Waals surface area contributed by atoms with E-state index in [2.05, 4.69) is 65.6 Å². The monoisotopic (exact) mass is 237 g/mol. The Bertz CT molecular complexity index is 259. The van der Waals surface area contributed by atoms with Crippen molar-refractivity contribution in [2.75, 3.05) is 6.54 Å². The highest BCUT2D eigenvalue weighted by molar-refractivity contribution is 5.09. The van der Waals surface area contributed by atoms with Gasteiger partial charge in [0.2, 0.25) is 0 Å². The minimum atomic E-state index is 0.117. The maximum Gasteiger partial charge on any atom is 0.0248 e. The van der Waals surface area contributed by atoms with Crippen LogP contribution in [0.25, 0.3) is 0 Å². The molecule has 0 radical (unpaired) electrons. The summed E-state index contributed by atoms with van der Waals surface area (Å²) >= 11 is 0. The minimum Gasteiger partial charge on any atom is -0.313 e. The lowest BCUT2D eigenvalue weighted by atomic mass is 9.80. The number of hydrogen-bond acceptors (Lipinski definition) is 1. The van der Waals surface area contributed by atoms with Gasteiger partial charge in [0.15, 0.2) is 0 Å². The Kier molecular flexibility index (Phi) is 6.87. The lowest BCUT2D eigenvalue weighted by Gasteiger charge is -2.33. The largest absolute Gasteiger partial charge is 0.313 e. The van der Waals surface area contributed by atoms with Crippen molar-refractivity contribution in [3.63, 3.8) is 0 Å². The molecule has 1 nitrogen and oxygen atoms in total. The highest BCUT2D eigenvalue weighted by atomic mass is 14.9. The summed E-state index contributed by atoms with van der Waals surface area (Å²) < 4.78 is 0. The first-order valence-electron chi connectivity index (χ1n) is 6.96. The van der Waals surface area contributed by atoms with E-state index < -0.39 is 0 Å². The summed E-state index contributed by atoms with van der Waals surface area (Å²) in [6.07, 6.45) is 3.33. The lowest BCUT2D eigenvalue weighted by molar-refractivity contribution is 0.235. The Balaban J connectivity index is 4.54. The molecule has 0 aliphatic carbocycles. The molecule has 0 saturated heterocycles. The van der Waals surface area contributed by atoms with Crippen molar-refractivity contribution in [1.82, 2.24) is 5.32 Å². The zero-order valence-electron chi connectivity index (χ0n) is 12.9. The van der Waals surface area contributed by atoms with Gasteiger partial charge in [0.1, 0.15) is 0 Å². The van der Waals surface area contributed by atoms with Crippen LogP contribution in [-0.2, 0) is 0 Å². The average molecular weight is 237 g/mol. The second kappa shape index (κ2) is 7.07. The van der Waals surface area contributed by atoms with E-state index in [9.17, 15) is 0 Å². The average Bonchev–Trinajstić information content (AvgIpc) is 2.21. The second-order valence-electron chi connectivity index (χ2n) is 6.60. The molecule has 0 spiro atoms. The molecule has 0 aromatic rings. The van der Waals surface area contributed by atoms with Crippen molar-refractivity contribution in [1.29, 1.82) is 0 Å². The van der Waals surface area contributed by atoms with Crippen LogP contribution in [0.1, 0.15) is 67.7 Å². The van der Waals surface area contributed by atoms with E-state index in [4.69, 9.17) is 0 Å². The van der Waals surface area contributed by atoms with Crippen LogP contribution in [0.15, 0.2) is 0 Å². The standard InChI is InChI=1S/C16H31N/c1-8-13-17-14(16(6,7)9-2)11-10-12-15(3,4)5/h14,17H,8-9,11,13H2,1-7H3. The Labute approximate surface area is 109 Å². The smallest absolute Gasteiger partial charge is 0.0248 e. The van der Waals surface area contributed by atoms with Gasteiger partial charge in [0.25, 0.3) is 0 Å². The maximum absolute atomic E-state index is 3.64. The summed E-state index contributed by atoms with van der Waals surface area (Å²) in [5.74, 6) is 6.70. The zero-order chi connectivity index (χ0) is 13.5. The molecule has 0 bridgehead atoms. The summed E-state index contributed by atoms with van der Waals surface area (Å²) in [4.78, 5) is 0. The predicted octanol–water partition coefficient (Wildman–Crippen LogP) is 4.23. The first kappa shape index (κ1) is 16.5. The summed E-state index contributed by atoms with van der Waals surface area (Å²) in [6.45, 7) is 16.7. The highest BCUT2D eigenvalue weighted by Gasteiger charge is 2.26. The molecule has 0 amide bonds. The third-order valence-electron chi connectivity index (χ3n) is 3.26. The van der Waals surface area contributed by atoms with E-state index in [0.29, 0.717) is 11.5 Å². The van der Waals surface area contributed by atoms with Crippen LogP contribution in [0.4, 0.5) is 0 Å². The fourth-order valence-electron chi connectivity index (χ4n) is 1.61. The minimum absolute atomic E-state index is 0.117.